The highest BCUT2D eigenvalue weighted by atomic mass is 16.3. The van der Waals surface area contributed by atoms with Gasteiger partial charge in [0.1, 0.15) is 5.69 Å². The molecule has 17 heavy (non-hydrogen) atoms. The van der Waals surface area contributed by atoms with Gasteiger partial charge in [-0.2, -0.15) is 5.10 Å². The summed E-state index contributed by atoms with van der Waals surface area (Å²) in [5.41, 5.74) is 6.02. The van der Waals surface area contributed by atoms with E-state index in [1.54, 1.807) is 18.4 Å². The third kappa shape index (κ3) is 2.45. The molecule has 2 rings (SSSR count). The van der Waals surface area contributed by atoms with Crippen molar-refractivity contribution in [3.05, 3.63) is 40.9 Å². The molecule has 5 heteroatoms. The molecule has 5 nitrogen and oxygen atoms in total. The predicted molar refractivity (Wildman–Crippen MR) is 64.6 cm³/mol. The van der Waals surface area contributed by atoms with E-state index in [9.17, 15) is 4.79 Å². The predicted octanol–water partition coefficient (Wildman–Crippen LogP) is 1.41. The van der Waals surface area contributed by atoms with Crippen LogP contribution >= 0.6 is 0 Å². The van der Waals surface area contributed by atoms with Gasteiger partial charge in [0.25, 0.3) is 5.56 Å². The molecule has 0 aromatic carbocycles. The highest BCUT2D eigenvalue weighted by molar-refractivity contribution is 5.50. The van der Waals surface area contributed by atoms with Crippen LogP contribution < -0.4 is 11.3 Å². The van der Waals surface area contributed by atoms with E-state index < -0.39 is 0 Å². The van der Waals surface area contributed by atoms with Gasteiger partial charge in [0.05, 0.1) is 12.3 Å². The molecular weight excluding hydrogens is 218 g/mol. The number of rotatable bonds is 4. The minimum atomic E-state index is -0.124. The summed E-state index contributed by atoms with van der Waals surface area (Å²) in [5, 5.41) is 4.29. The molecule has 1 unspecified atom stereocenters. The molecule has 0 aliphatic rings. The lowest BCUT2D eigenvalue weighted by Gasteiger charge is -2.12. The standard InChI is InChI=1S/C12H15N3O2/c1-9(6-7-13)15-12(16)5-4-10(14-15)11-3-2-8-17-11/h2-5,8-9H,6-7,13H2,1H3. The van der Waals surface area contributed by atoms with Crippen LogP contribution in [-0.4, -0.2) is 16.3 Å². The molecule has 2 aromatic heterocycles. The van der Waals surface area contributed by atoms with Crippen LogP contribution in [0.3, 0.4) is 0 Å². The Bertz CT molecular complexity index is 531. The second-order valence-electron chi connectivity index (χ2n) is 3.91. The van der Waals surface area contributed by atoms with Crippen LogP contribution in [0.25, 0.3) is 11.5 Å². The SMILES string of the molecule is CC(CCN)n1nc(-c2ccco2)ccc1=O. The van der Waals surface area contributed by atoms with Crippen molar-refractivity contribution in [3.8, 4) is 11.5 Å². The zero-order chi connectivity index (χ0) is 12.3. The largest absolute Gasteiger partial charge is 0.463 e. The number of hydrogen-bond acceptors (Lipinski definition) is 4. The van der Waals surface area contributed by atoms with Crippen molar-refractivity contribution in [2.24, 2.45) is 5.73 Å². The van der Waals surface area contributed by atoms with Crippen molar-refractivity contribution < 1.29 is 4.42 Å². The first-order chi connectivity index (χ1) is 8.22. The average Bonchev–Trinajstić information content (AvgIpc) is 2.83. The van der Waals surface area contributed by atoms with Crippen molar-refractivity contribution in [3.63, 3.8) is 0 Å². The van der Waals surface area contributed by atoms with Crippen molar-refractivity contribution in [1.29, 1.82) is 0 Å². The zero-order valence-corrected chi connectivity index (χ0v) is 9.67. The Balaban J connectivity index is 2.39. The molecule has 0 amide bonds. The molecule has 2 heterocycles. The molecule has 0 aliphatic heterocycles. The molecule has 0 spiro atoms. The topological polar surface area (TPSA) is 74.1 Å². The lowest BCUT2D eigenvalue weighted by atomic mass is 10.2. The second-order valence-corrected chi connectivity index (χ2v) is 3.91. The van der Waals surface area contributed by atoms with Gasteiger partial charge in [-0.1, -0.05) is 0 Å². The summed E-state index contributed by atoms with van der Waals surface area (Å²) in [6.07, 6.45) is 2.30. The maximum Gasteiger partial charge on any atom is 0.267 e. The second kappa shape index (κ2) is 4.97. The quantitative estimate of drug-likeness (QED) is 0.866. The van der Waals surface area contributed by atoms with Crippen molar-refractivity contribution >= 4 is 0 Å². The fourth-order valence-electron chi connectivity index (χ4n) is 1.66. The summed E-state index contributed by atoms with van der Waals surface area (Å²) in [6, 6.07) is 6.74. The fraction of sp³-hybridized carbons (Fsp3) is 0.333. The van der Waals surface area contributed by atoms with Gasteiger partial charge < -0.3 is 10.2 Å². The van der Waals surface area contributed by atoms with Gasteiger partial charge in [-0.05, 0) is 38.1 Å². The third-order valence-electron chi connectivity index (χ3n) is 2.60. The number of aromatic nitrogens is 2. The van der Waals surface area contributed by atoms with Crippen LogP contribution in [0.2, 0.25) is 0 Å². The van der Waals surface area contributed by atoms with Gasteiger partial charge in [0, 0.05) is 6.07 Å². The normalized spacial score (nSPS) is 12.6. The van der Waals surface area contributed by atoms with Crippen LogP contribution in [0.5, 0.6) is 0 Å². The Morgan fingerprint density at radius 2 is 2.29 bits per heavy atom. The molecule has 90 valence electrons. The van der Waals surface area contributed by atoms with E-state index in [-0.39, 0.29) is 11.6 Å². The van der Waals surface area contributed by atoms with E-state index in [1.807, 2.05) is 13.0 Å². The summed E-state index contributed by atoms with van der Waals surface area (Å²) >= 11 is 0. The smallest absolute Gasteiger partial charge is 0.267 e. The summed E-state index contributed by atoms with van der Waals surface area (Å²) in [5.74, 6) is 0.652. The van der Waals surface area contributed by atoms with Crippen LogP contribution in [0.15, 0.2) is 39.7 Å². The molecule has 0 bridgehead atoms. The Kier molecular flexibility index (Phi) is 3.39. The average molecular weight is 233 g/mol. The van der Waals surface area contributed by atoms with Crippen molar-refractivity contribution in [2.75, 3.05) is 6.54 Å². The first kappa shape index (κ1) is 11.6. The Morgan fingerprint density at radius 3 is 2.94 bits per heavy atom. The van der Waals surface area contributed by atoms with Crippen LogP contribution in [-0.2, 0) is 0 Å². The van der Waals surface area contributed by atoms with Gasteiger partial charge in [-0.15, -0.1) is 0 Å². The Morgan fingerprint density at radius 1 is 1.47 bits per heavy atom. The molecule has 0 radical (unpaired) electrons. The van der Waals surface area contributed by atoms with E-state index in [1.165, 1.54) is 10.7 Å². The molecule has 0 saturated heterocycles. The lowest BCUT2D eigenvalue weighted by molar-refractivity contribution is 0.442. The molecule has 2 aromatic rings. The van der Waals surface area contributed by atoms with Gasteiger partial charge in [-0.25, -0.2) is 4.68 Å². The minimum absolute atomic E-state index is 0.0117. The van der Waals surface area contributed by atoms with E-state index in [2.05, 4.69) is 5.10 Å². The third-order valence-corrected chi connectivity index (χ3v) is 2.60. The van der Waals surface area contributed by atoms with Crippen LogP contribution in [0, 0.1) is 0 Å². The van der Waals surface area contributed by atoms with E-state index in [0.29, 0.717) is 24.4 Å². The molecule has 0 fully saturated rings. The number of nitrogens with two attached hydrogens (primary N) is 1. The van der Waals surface area contributed by atoms with Crippen molar-refractivity contribution in [2.45, 2.75) is 19.4 Å². The maximum absolute atomic E-state index is 11.7. The first-order valence-electron chi connectivity index (χ1n) is 5.56. The van der Waals surface area contributed by atoms with Crippen LogP contribution in [0.4, 0.5) is 0 Å². The molecule has 0 aliphatic carbocycles. The first-order valence-corrected chi connectivity index (χ1v) is 5.56. The molecular formula is C12H15N3O2. The summed E-state index contributed by atoms with van der Waals surface area (Å²) in [6.45, 7) is 2.45. The Labute approximate surface area is 98.9 Å². The summed E-state index contributed by atoms with van der Waals surface area (Å²) in [7, 11) is 0. The van der Waals surface area contributed by atoms with E-state index in [0.717, 1.165) is 0 Å². The summed E-state index contributed by atoms with van der Waals surface area (Å²) in [4.78, 5) is 11.7. The fourth-order valence-corrected chi connectivity index (χ4v) is 1.66. The number of furan rings is 1. The highest BCUT2D eigenvalue weighted by Crippen LogP contribution is 2.16. The van der Waals surface area contributed by atoms with E-state index in [4.69, 9.17) is 10.2 Å². The van der Waals surface area contributed by atoms with Gasteiger partial charge >= 0.3 is 0 Å². The number of nitrogens with zero attached hydrogens (tertiary/aromatic N) is 2. The monoisotopic (exact) mass is 233 g/mol. The van der Waals surface area contributed by atoms with E-state index >= 15 is 0 Å². The van der Waals surface area contributed by atoms with Gasteiger partial charge in [0.2, 0.25) is 0 Å². The zero-order valence-electron chi connectivity index (χ0n) is 9.67. The van der Waals surface area contributed by atoms with Crippen molar-refractivity contribution in [1.82, 2.24) is 9.78 Å². The minimum Gasteiger partial charge on any atom is -0.463 e. The van der Waals surface area contributed by atoms with Gasteiger partial charge in [-0.3, -0.25) is 4.79 Å². The maximum atomic E-state index is 11.7. The Hall–Kier alpha value is -1.88. The van der Waals surface area contributed by atoms with Gasteiger partial charge in [0.15, 0.2) is 5.76 Å². The molecule has 0 saturated carbocycles. The number of hydrogen-bond donors (Lipinski definition) is 1. The molecule has 2 N–H and O–H groups in total. The summed E-state index contributed by atoms with van der Waals surface area (Å²) < 4.78 is 6.70. The molecule has 1 atom stereocenters. The highest BCUT2D eigenvalue weighted by Gasteiger charge is 2.10. The lowest BCUT2D eigenvalue weighted by Crippen LogP contribution is -2.26. The van der Waals surface area contributed by atoms with Crippen LogP contribution in [0.1, 0.15) is 19.4 Å².